The molecule has 0 unspecified atom stereocenters. The Morgan fingerprint density at radius 1 is 0.794 bits per heavy atom. The zero-order valence-corrected chi connectivity index (χ0v) is 20.2. The van der Waals surface area contributed by atoms with Gasteiger partial charge in [-0.25, -0.2) is 0 Å². The van der Waals surface area contributed by atoms with Crippen LogP contribution in [0.4, 0.5) is 0 Å². The Labute approximate surface area is 200 Å². The summed E-state index contributed by atoms with van der Waals surface area (Å²) >= 11 is 0. The molecule has 3 aliphatic rings. The van der Waals surface area contributed by atoms with Crippen molar-refractivity contribution in [3.63, 3.8) is 0 Å². The van der Waals surface area contributed by atoms with E-state index < -0.39 is 16.0 Å². The third-order valence-electron chi connectivity index (χ3n) is 6.97. The van der Waals surface area contributed by atoms with Crippen LogP contribution in [-0.2, 0) is 19.7 Å². The standard InChI is InChI=1S/C27H27NO5S/c1-17-9-15-20(16-10-17)34(31,32)33-19-13-11-18(12-14-19)25-26-21(5-3-7-23(26)29)28(2)22-6-4-8-24(30)27(22)25/h9-16,25H,3-8H2,1-2H3. The number of allylic oxidation sites excluding steroid dienone is 4. The highest BCUT2D eigenvalue weighted by molar-refractivity contribution is 7.87. The van der Waals surface area contributed by atoms with Gasteiger partial charge in [-0.2, -0.15) is 8.42 Å². The quantitative estimate of drug-likeness (QED) is 0.588. The summed E-state index contributed by atoms with van der Waals surface area (Å²) in [6, 6.07) is 13.2. The van der Waals surface area contributed by atoms with Crippen LogP contribution in [0.1, 0.15) is 55.6 Å². The van der Waals surface area contributed by atoms with E-state index >= 15 is 0 Å². The van der Waals surface area contributed by atoms with Gasteiger partial charge in [-0.15, -0.1) is 0 Å². The van der Waals surface area contributed by atoms with Gasteiger partial charge in [0.1, 0.15) is 10.6 Å². The molecule has 176 valence electrons. The molecule has 0 spiro atoms. The van der Waals surface area contributed by atoms with Crippen molar-refractivity contribution < 1.29 is 22.2 Å². The van der Waals surface area contributed by atoms with E-state index in [-0.39, 0.29) is 22.2 Å². The number of nitrogens with zero attached hydrogens (tertiary/aromatic N) is 1. The molecule has 0 saturated carbocycles. The highest BCUT2D eigenvalue weighted by Gasteiger charge is 2.42. The van der Waals surface area contributed by atoms with Gasteiger partial charge in [0.05, 0.1) is 0 Å². The Kier molecular flexibility index (Phi) is 5.68. The van der Waals surface area contributed by atoms with E-state index in [1.54, 1.807) is 36.4 Å². The second kappa shape index (κ2) is 8.55. The van der Waals surface area contributed by atoms with Gasteiger partial charge in [-0.1, -0.05) is 29.8 Å². The lowest BCUT2D eigenvalue weighted by Gasteiger charge is -2.42. The molecule has 2 aromatic rings. The first-order valence-electron chi connectivity index (χ1n) is 11.6. The van der Waals surface area contributed by atoms with Gasteiger partial charge in [0, 0.05) is 48.3 Å². The fraction of sp³-hybridized carbons (Fsp3) is 0.333. The largest absolute Gasteiger partial charge is 0.379 e. The molecule has 0 amide bonds. The van der Waals surface area contributed by atoms with Gasteiger partial charge in [0.2, 0.25) is 0 Å². The van der Waals surface area contributed by atoms with Crippen LogP contribution in [-0.4, -0.2) is 31.9 Å². The second-order valence-electron chi connectivity index (χ2n) is 9.19. The van der Waals surface area contributed by atoms with Crippen molar-refractivity contribution >= 4 is 21.7 Å². The topological polar surface area (TPSA) is 80.8 Å². The molecule has 0 radical (unpaired) electrons. The average Bonchev–Trinajstić information content (AvgIpc) is 2.81. The normalized spacial score (nSPS) is 19.3. The zero-order valence-electron chi connectivity index (χ0n) is 19.3. The summed E-state index contributed by atoms with van der Waals surface area (Å²) in [7, 11) is -2.00. The monoisotopic (exact) mass is 477 g/mol. The van der Waals surface area contributed by atoms with Crippen LogP contribution in [0.2, 0.25) is 0 Å². The van der Waals surface area contributed by atoms with Gasteiger partial charge >= 0.3 is 10.1 Å². The van der Waals surface area contributed by atoms with Gasteiger partial charge in [-0.3, -0.25) is 9.59 Å². The highest BCUT2D eigenvalue weighted by Crippen LogP contribution is 2.48. The molecular formula is C27H27NO5S. The van der Waals surface area contributed by atoms with Crippen molar-refractivity contribution in [3.8, 4) is 5.75 Å². The van der Waals surface area contributed by atoms with E-state index in [9.17, 15) is 18.0 Å². The Morgan fingerprint density at radius 2 is 1.32 bits per heavy atom. The summed E-state index contributed by atoms with van der Waals surface area (Å²) in [6.07, 6.45) is 4.22. The van der Waals surface area contributed by atoms with Crippen LogP contribution in [0.15, 0.2) is 76.0 Å². The minimum absolute atomic E-state index is 0.0858. The molecule has 1 aliphatic heterocycles. The van der Waals surface area contributed by atoms with Gasteiger partial charge in [0.15, 0.2) is 11.6 Å². The molecule has 0 aromatic heterocycles. The van der Waals surface area contributed by atoms with E-state index in [1.165, 1.54) is 12.1 Å². The molecule has 2 aromatic carbocycles. The fourth-order valence-electron chi connectivity index (χ4n) is 5.28. The number of benzene rings is 2. The molecule has 6 nitrogen and oxygen atoms in total. The van der Waals surface area contributed by atoms with Crippen LogP contribution in [0.3, 0.4) is 0 Å². The molecule has 2 aliphatic carbocycles. The molecule has 34 heavy (non-hydrogen) atoms. The fourth-order valence-corrected chi connectivity index (χ4v) is 6.21. The number of carbonyl (C=O) groups is 2. The maximum atomic E-state index is 13.1. The smallest absolute Gasteiger partial charge is 0.339 e. The third-order valence-corrected chi connectivity index (χ3v) is 8.23. The Bertz CT molecular complexity index is 1290. The van der Waals surface area contributed by atoms with Gasteiger partial charge < -0.3 is 9.08 Å². The van der Waals surface area contributed by atoms with Crippen molar-refractivity contribution in [1.29, 1.82) is 0 Å². The number of ketones is 2. The second-order valence-corrected chi connectivity index (χ2v) is 10.7. The SMILES string of the molecule is Cc1ccc(S(=O)(=O)Oc2ccc(C3C4=C(CCCC4=O)N(C)C4=C3C(=O)CCC4)cc2)cc1. The average molecular weight is 478 g/mol. The molecule has 5 rings (SSSR count). The summed E-state index contributed by atoms with van der Waals surface area (Å²) in [5.74, 6) is -0.0502. The van der Waals surface area contributed by atoms with Gasteiger partial charge in [-0.05, 0) is 62.4 Å². The lowest BCUT2D eigenvalue weighted by molar-refractivity contribution is -0.117. The van der Waals surface area contributed by atoms with E-state index in [0.29, 0.717) is 24.0 Å². The molecule has 0 fully saturated rings. The number of carbonyl (C=O) groups excluding carboxylic acids is 2. The number of Topliss-reactive ketones (excluding diaryl/α,β-unsaturated/α-hetero) is 2. The van der Waals surface area contributed by atoms with Crippen molar-refractivity contribution in [2.45, 2.75) is 56.3 Å². The van der Waals surface area contributed by atoms with E-state index in [2.05, 4.69) is 4.90 Å². The molecule has 0 saturated heterocycles. The van der Waals surface area contributed by atoms with Crippen LogP contribution >= 0.6 is 0 Å². The number of hydrogen-bond donors (Lipinski definition) is 0. The van der Waals surface area contributed by atoms with Crippen molar-refractivity contribution in [2.24, 2.45) is 0 Å². The lowest BCUT2D eigenvalue weighted by Crippen LogP contribution is -2.37. The minimum Gasteiger partial charge on any atom is -0.379 e. The summed E-state index contributed by atoms with van der Waals surface area (Å²) in [5, 5.41) is 0. The molecule has 0 bridgehead atoms. The third kappa shape index (κ3) is 3.88. The van der Waals surface area contributed by atoms with Crippen molar-refractivity contribution in [1.82, 2.24) is 4.90 Å². The van der Waals surface area contributed by atoms with Crippen LogP contribution in [0.25, 0.3) is 0 Å². The first-order chi connectivity index (χ1) is 16.3. The summed E-state index contributed by atoms with van der Waals surface area (Å²) in [6.45, 7) is 1.88. The highest BCUT2D eigenvalue weighted by atomic mass is 32.2. The van der Waals surface area contributed by atoms with Crippen molar-refractivity contribution in [3.05, 3.63) is 82.2 Å². The maximum absolute atomic E-state index is 13.1. The van der Waals surface area contributed by atoms with Crippen LogP contribution in [0.5, 0.6) is 5.75 Å². The van der Waals surface area contributed by atoms with E-state index in [4.69, 9.17) is 4.18 Å². The first-order valence-corrected chi connectivity index (χ1v) is 13.0. The molecular weight excluding hydrogens is 450 g/mol. The van der Waals surface area contributed by atoms with Crippen LogP contribution in [0, 0.1) is 6.92 Å². The summed E-state index contributed by atoms with van der Waals surface area (Å²) < 4.78 is 30.7. The molecule has 1 heterocycles. The number of rotatable bonds is 4. The van der Waals surface area contributed by atoms with Crippen molar-refractivity contribution in [2.75, 3.05) is 7.05 Å². The Morgan fingerprint density at radius 3 is 1.85 bits per heavy atom. The summed E-state index contributed by atoms with van der Waals surface area (Å²) in [4.78, 5) is 28.3. The number of aryl methyl sites for hydroxylation is 1. The lowest BCUT2D eigenvalue weighted by atomic mass is 9.71. The summed E-state index contributed by atoms with van der Waals surface area (Å²) in [5.41, 5.74) is 5.21. The predicted octanol–water partition coefficient (Wildman–Crippen LogP) is 4.81. The predicted molar refractivity (Wildman–Crippen MR) is 128 cm³/mol. The van der Waals surface area contributed by atoms with Gasteiger partial charge in [0.25, 0.3) is 0 Å². The molecule has 0 N–H and O–H groups in total. The maximum Gasteiger partial charge on any atom is 0.339 e. The molecule has 7 heteroatoms. The van der Waals surface area contributed by atoms with E-state index in [0.717, 1.165) is 48.2 Å². The Balaban J connectivity index is 1.51. The number of hydrogen-bond acceptors (Lipinski definition) is 6. The van der Waals surface area contributed by atoms with Crippen LogP contribution < -0.4 is 4.18 Å². The van der Waals surface area contributed by atoms with E-state index in [1.807, 2.05) is 14.0 Å². The zero-order chi connectivity index (χ0) is 24.0. The Hall–Kier alpha value is -3.19. The minimum atomic E-state index is -3.96. The molecule has 0 atom stereocenters. The first kappa shape index (κ1) is 22.6.